The Morgan fingerprint density at radius 1 is 1.33 bits per heavy atom. The summed E-state index contributed by atoms with van der Waals surface area (Å²) in [5.41, 5.74) is 0.803. The van der Waals surface area contributed by atoms with E-state index in [-0.39, 0.29) is 0 Å². The number of ether oxygens (including phenoxy) is 1. The first-order chi connectivity index (χ1) is 8.77. The van der Waals surface area contributed by atoms with Gasteiger partial charge in [-0.3, -0.25) is 4.79 Å². The summed E-state index contributed by atoms with van der Waals surface area (Å²) in [6.45, 7) is 2.31. The molecule has 2 N–H and O–H groups in total. The predicted octanol–water partition coefficient (Wildman–Crippen LogP) is 1.83. The Bertz CT molecular complexity index is 374. The number of hydrogen-bond donors (Lipinski definition) is 2. The monoisotopic (exact) mass is 249 g/mol. The van der Waals surface area contributed by atoms with Gasteiger partial charge in [0, 0.05) is 13.2 Å². The summed E-state index contributed by atoms with van der Waals surface area (Å²) in [4.78, 5) is 11.3. The van der Waals surface area contributed by atoms with Crippen molar-refractivity contribution in [2.24, 2.45) is 5.92 Å². The quantitative estimate of drug-likeness (QED) is 0.836. The van der Waals surface area contributed by atoms with Crippen LogP contribution in [-0.4, -0.2) is 30.8 Å². The summed E-state index contributed by atoms with van der Waals surface area (Å²) in [7, 11) is 0. The van der Waals surface area contributed by atoms with E-state index in [0.717, 1.165) is 38.2 Å². The average molecular weight is 249 g/mol. The van der Waals surface area contributed by atoms with Gasteiger partial charge in [0.05, 0.1) is 0 Å². The van der Waals surface area contributed by atoms with E-state index in [0.29, 0.717) is 5.92 Å². The number of rotatable bonds is 5. The molecule has 18 heavy (non-hydrogen) atoms. The van der Waals surface area contributed by atoms with Gasteiger partial charge in [-0.2, -0.15) is 0 Å². The number of benzene rings is 1. The van der Waals surface area contributed by atoms with Gasteiger partial charge < -0.3 is 15.2 Å². The van der Waals surface area contributed by atoms with Gasteiger partial charge in [-0.15, -0.1) is 0 Å². The van der Waals surface area contributed by atoms with Crippen molar-refractivity contribution in [1.82, 2.24) is 5.32 Å². The first-order valence-electron chi connectivity index (χ1n) is 6.36. The first kappa shape index (κ1) is 13.1. The molecule has 0 spiro atoms. The third-order valence-corrected chi connectivity index (χ3v) is 3.33. The Kier molecular flexibility index (Phi) is 4.73. The van der Waals surface area contributed by atoms with Gasteiger partial charge >= 0.3 is 5.97 Å². The molecule has 0 bridgehead atoms. The van der Waals surface area contributed by atoms with Gasteiger partial charge in [0.2, 0.25) is 0 Å². The Balaban J connectivity index is 1.92. The van der Waals surface area contributed by atoms with Gasteiger partial charge in [0.25, 0.3) is 0 Å². The molecule has 1 saturated heterocycles. The van der Waals surface area contributed by atoms with E-state index >= 15 is 0 Å². The van der Waals surface area contributed by atoms with Crippen LogP contribution >= 0.6 is 0 Å². The standard InChI is InChI=1S/C14H19NO3/c16-14(17)13(12-4-2-1-3-5-12)15-10-11-6-8-18-9-7-11/h1-5,11,13,15H,6-10H2,(H,16,17). The molecular formula is C14H19NO3. The van der Waals surface area contributed by atoms with E-state index in [1.54, 1.807) is 0 Å². The molecular weight excluding hydrogens is 230 g/mol. The SMILES string of the molecule is O=C(O)C(NCC1CCOCC1)c1ccccc1. The lowest BCUT2D eigenvalue weighted by Gasteiger charge is -2.24. The maximum absolute atomic E-state index is 11.3. The molecule has 0 saturated carbocycles. The molecule has 1 atom stereocenters. The minimum atomic E-state index is -0.826. The van der Waals surface area contributed by atoms with Gasteiger partial charge in [-0.05, 0) is 30.9 Å². The molecule has 0 aromatic heterocycles. The van der Waals surface area contributed by atoms with Gasteiger partial charge in [-0.25, -0.2) is 0 Å². The minimum Gasteiger partial charge on any atom is -0.480 e. The van der Waals surface area contributed by atoms with Crippen molar-refractivity contribution in [3.63, 3.8) is 0 Å². The molecule has 4 heteroatoms. The summed E-state index contributed by atoms with van der Waals surface area (Å²) in [5.74, 6) is -0.308. The number of hydrogen-bond acceptors (Lipinski definition) is 3. The highest BCUT2D eigenvalue weighted by Crippen LogP contribution is 2.17. The molecule has 0 amide bonds. The van der Waals surface area contributed by atoms with E-state index in [1.165, 1.54) is 0 Å². The second-order valence-electron chi connectivity index (χ2n) is 4.65. The van der Waals surface area contributed by atoms with E-state index in [2.05, 4.69) is 5.32 Å². The topological polar surface area (TPSA) is 58.6 Å². The zero-order valence-corrected chi connectivity index (χ0v) is 10.3. The largest absolute Gasteiger partial charge is 0.480 e. The molecule has 1 aliphatic heterocycles. The van der Waals surface area contributed by atoms with Crippen LogP contribution in [0.1, 0.15) is 24.4 Å². The summed E-state index contributed by atoms with van der Waals surface area (Å²) in [5, 5.41) is 12.4. The molecule has 1 fully saturated rings. The number of carboxylic acids is 1. The average Bonchev–Trinajstić information content (AvgIpc) is 2.41. The number of carboxylic acid groups (broad SMARTS) is 1. The Hall–Kier alpha value is -1.39. The molecule has 4 nitrogen and oxygen atoms in total. The molecule has 2 rings (SSSR count). The smallest absolute Gasteiger partial charge is 0.325 e. The van der Waals surface area contributed by atoms with Crippen LogP contribution in [0.25, 0.3) is 0 Å². The summed E-state index contributed by atoms with van der Waals surface area (Å²) in [6, 6.07) is 8.68. The summed E-state index contributed by atoms with van der Waals surface area (Å²) < 4.78 is 5.29. The lowest BCUT2D eigenvalue weighted by molar-refractivity contribution is -0.139. The minimum absolute atomic E-state index is 0.518. The van der Waals surface area contributed by atoms with Crippen molar-refractivity contribution in [3.8, 4) is 0 Å². The van der Waals surface area contributed by atoms with Crippen molar-refractivity contribution < 1.29 is 14.6 Å². The summed E-state index contributed by atoms with van der Waals surface area (Å²) >= 11 is 0. The summed E-state index contributed by atoms with van der Waals surface area (Å²) in [6.07, 6.45) is 2.02. The fraction of sp³-hybridized carbons (Fsp3) is 0.500. The maximum atomic E-state index is 11.3. The van der Waals surface area contributed by atoms with E-state index < -0.39 is 12.0 Å². The van der Waals surface area contributed by atoms with Crippen molar-refractivity contribution in [2.45, 2.75) is 18.9 Å². The van der Waals surface area contributed by atoms with Gasteiger partial charge in [-0.1, -0.05) is 30.3 Å². The van der Waals surface area contributed by atoms with Crippen LogP contribution in [0.2, 0.25) is 0 Å². The molecule has 98 valence electrons. The predicted molar refractivity (Wildman–Crippen MR) is 68.4 cm³/mol. The van der Waals surface area contributed by atoms with Gasteiger partial charge in [0.1, 0.15) is 6.04 Å². The third kappa shape index (κ3) is 3.55. The maximum Gasteiger partial charge on any atom is 0.325 e. The van der Waals surface area contributed by atoms with Crippen LogP contribution in [0.3, 0.4) is 0 Å². The second-order valence-corrected chi connectivity index (χ2v) is 4.65. The zero-order valence-electron chi connectivity index (χ0n) is 10.3. The van der Waals surface area contributed by atoms with Gasteiger partial charge in [0.15, 0.2) is 0 Å². The van der Waals surface area contributed by atoms with Crippen LogP contribution < -0.4 is 5.32 Å². The van der Waals surface area contributed by atoms with Crippen molar-refractivity contribution >= 4 is 5.97 Å². The highest BCUT2D eigenvalue weighted by molar-refractivity contribution is 5.75. The Morgan fingerprint density at radius 2 is 2.00 bits per heavy atom. The molecule has 0 aliphatic carbocycles. The third-order valence-electron chi connectivity index (χ3n) is 3.33. The van der Waals surface area contributed by atoms with E-state index in [9.17, 15) is 9.90 Å². The van der Waals surface area contributed by atoms with Crippen molar-refractivity contribution in [3.05, 3.63) is 35.9 Å². The van der Waals surface area contributed by atoms with Crippen LogP contribution in [0.4, 0.5) is 0 Å². The van der Waals surface area contributed by atoms with Crippen LogP contribution in [0.5, 0.6) is 0 Å². The lowest BCUT2D eigenvalue weighted by atomic mass is 9.99. The van der Waals surface area contributed by atoms with Crippen LogP contribution in [0, 0.1) is 5.92 Å². The highest BCUT2D eigenvalue weighted by Gasteiger charge is 2.21. The Labute approximate surface area is 107 Å². The fourth-order valence-corrected chi connectivity index (χ4v) is 2.23. The molecule has 0 radical (unpaired) electrons. The number of aliphatic carboxylic acids is 1. The van der Waals surface area contributed by atoms with Crippen molar-refractivity contribution in [2.75, 3.05) is 19.8 Å². The molecule has 1 heterocycles. The van der Waals surface area contributed by atoms with E-state index in [4.69, 9.17) is 4.74 Å². The molecule has 1 aromatic rings. The molecule has 1 aromatic carbocycles. The highest BCUT2D eigenvalue weighted by atomic mass is 16.5. The van der Waals surface area contributed by atoms with Crippen LogP contribution in [0.15, 0.2) is 30.3 Å². The second kappa shape index (κ2) is 6.52. The zero-order chi connectivity index (χ0) is 12.8. The molecule has 1 unspecified atom stereocenters. The first-order valence-corrected chi connectivity index (χ1v) is 6.36. The van der Waals surface area contributed by atoms with E-state index in [1.807, 2.05) is 30.3 Å². The van der Waals surface area contributed by atoms with Crippen LogP contribution in [-0.2, 0) is 9.53 Å². The Morgan fingerprint density at radius 3 is 2.61 bits per heavy atom. The normalized spacial score (nSPS) is 18.4. The van der Waals surface area contributed by atoms with Crippen molar-refractivity contribution in [1.29, 1.82) is 0 Å². The lowest BCUT2D eigenvalue weighted by Crippen LogP contribution is -2.34. The number of carbonyl (C=O) groups is 1. The number of nitrogens with one attached hydrogen (secondary N) is 1. The molecule has 1 aliphatic rings. The fourth-order valence-electron chi connectivity index (χ4n) is 2.23.